The zero-order chi connectivity index (χ0) is 26.5. The molecule has 0 fully saturated rings. The first kappa shape index (κ1) is 30.4. The molecule has 0 bridgehead atoms. The molecule has 0 spiro atoms. The number of ether oxygens (including phenoxy) is 1. The zero-order valence-corrected chi connectivity index (χ0v) is 22.3. The summed E-state index contributed by atoms with van der Waals surface area (Å²) in [6.07, 6.45) is 5.62. The Hall–Kier alpha value is -2.66. The summed E-state index contributed by atoms with van der Waals surface area (Å²) in [5.41, 5.74) is 6.57. The van der Waals surface area contributed by atoms with Crippen molar-refractivity contribution in [3.05, 3.63) is 28.0 Å². The van der Waals surface area contributed by atoms with E-state index in [0.717, 1.165) is 37.0 Å². The van der Waals surface area contributed by atoms with E-state index in [-0.39, 0.29) is 23.6 Å². The van der Waals surface area contributed by atoms with Crippen molar-refractivity contribution in [2.75, 3.05) is 13.6 Å². The van der Waals surface area contributed by atoms with Gasteiger partial charge in [-0.05, 0) is 31.6 Å². The zero-order valence-electron chi connectivity index (χ0n) is 21.5. The van der Waals surface area contributed by atoms with Gasteiger partial charge in [0.25, 0.3) is 0 Å². The molecule has 0 radical (unpaired) electrons. The molecule has 11 heteroatoms. The molecule has 198 valence electrons. The van der Waals surface area contributed by atoms with Gasteiger partial charge in [-0.3, -0.25) is 9.59 Å². The lowest BCUT2D eigenvalue weighted by Crippen LogP contribution is -2.45. The second-order valence-electron chi connectivity index (χ2n) is 9.04. The number of hydrogen-bond acceptors (Lipinski definition) is 9. The van der Waals surface area contributed by atoms with Crippen molar-refractivity contribution in [3.8, 4) is 0 Å². The van der Waals surface area contributed by atoms with Gasteiger partial charge >= 0.3 is 11.9 Å². The molecule has 10 nitrogen and oxygen atoms in total. The minimum absolute atomic E-state index is 0.0581. The van der Waals surface area contributed by atoms with Crippen molar-refractivity contribution in [1.29, 1.82) is 0 Å². The highest BCUT2D eigenvalue weighted by molar-refractivity contribution is 7.09. The van der Waals surface area contributed by atoms with Crippen LogP contribution in [0.2, 0.25) is 0 Å². The summed E-state index contributed by atoms with van der Waals surface area (Å²) < 4.78 is 5.55. The van der Waals surface area contributed by atoms with Gasteiger partial charge in [0.1, 0.15) is 5.01 Å². The number of amides is 1. The fraction of sp³-hybridized carbons (Fsp3) is 0.667. The van der Waals surface area contributed by atoms with E-state index >= 15 is 0 Å². The van der Waals surface area contributed by atoms with Gasteiger partial charge in [-0.2, -0.15) is 0 Å². The van der Waals surface area contributed by atoms with Crippen LogP contribution in [0.1, 0.15) is 94.2 Å². The molecule has 0 aliphatic carbocycles. The van der Waals surface area contributed by atoms with Crippen molar-refractivity contribution in [2.24, 2.45) is 17.5 Å². The molecule has 2 atom stereocenters. The monoisotopic (exact) mass is 511 g/mol. The Kier molecular flexibility index (Phi) is 13.3. The number of hydrogen-bond donors (Lipinski definition) is 3. The molecule has 5 N–H and O–H groups in total. The Morgan fingerprint density at radius 2 is 1.91 bits per heavy atom. The molecule has 0 aliphatic rings. The average molecular weight is 512 g/mol. The molecule has 0 saturated carbocycles. The number of nitrogens with two attached hydrogens (primary N) is 2. The van der Waals surface area contributed by atoms with Crippen LogP contribution in [0.15, 0.2) is 17.3 Å². The number of hydrazine groups is 1. The quantitative estimate of drug-likeness (QED) is 0.131. The maximum absolute atomic E-state index is 13.2. The second kappa shape index (κ2) is 15.4. The Morgan fingerprint density at radius 3 is 2.43 bits per heavy atom. The second-order valence-corrected chi connectivity index (χ2v) is 9.93. The molecule has 1 heterocycles. The average Bonchev–Trinajstić information content (AvgIpc) is 3.25. The summed E-state index contributed by atoms with van der Waals surface area (Å²) in [5.74, 6) is 4.11. The van der Waals surface area contributed by atoms with Gasteiger partial charge < -0.3 is 25.5 Å². The minimum atomic E-state index is -1.14. The Bertz CT molecular complexity index is 855. The normalized spacial score (nSPS) is 13.4. The van der Waals surface area contributed by atoms with E-state index in [2.05, 4.69) is 4.98 Å². The summed E-state index contributed by atoms with van der Waals surface area (Å²) >= 11 is 1.14. The van der Waals surface area contributed by atoms with E-state index in [1.54, 1.807) is 13.2 Å². The van der Waals surface area contributed by atoms with E-state index in [1.807, 2.05) is 25.7 Å². The summed E-state index contributed by atoms with van der Waals surface area (Å²) in [5, 5.41) is 12.5. The third-order valence-corrected chi connectivity index (χ3v) is 6.44. The van der Waals surface area contributed by atoms with Crippen LogP contribution in [0.25, 0.3) is 0 Å². The number of thiazole rings is 1. The lowest BCUT2D eigenvalue weighted by Gasteiger charge is -2.36. The number of carbonyl (C=O) groups is 3. The number of allylic oxidation sites excluding steroid dienone is 1. The van der Waals surface area contributed by atoms with Crippen molar-refractivity contribution in [3.63, 3.8) is 0 Å². The van der Waals surface area contributed by atoms with E-state index in [1.165, 1.54) is 17.3 Å². The van der Waals surface area contributed by atoms with Crippen LogP contribution in [0.4, 0.5) is 0 Å². The first-order valence-electron chi connectivity index (χ1n) is 12.0. The number of carboxylic acid groups (broad SMARTS) is 1. The minimum Gasteiger partial charge on any atom is -0.476 e. The summed E-state index contributed by atoms with van der Waals surface area (Å²) in [7, 11) is 1.70. The molecule has 0 saturated heterocycles. The van der Waals surface area contributed by atoms with Crippen LogP contribution in [0.5, 0.6) is 0 Å². The molecule has 1 rings (SSSR count). The Morgan fingerprint density at radius 1 is 1.23 bits per heavy atom. The van der Waals surface area contributed by atoms with Crippen LogP contribution in [-0.2, 0) is 14.3 Å². The highest BCUT2D eigenvalue weighted by atomic mass is 32.1. The molecule has 1 aromatic heterocycles. The van der Waals surface area contributed by atoms with E-state index in [4.69, 9.17) is 16.3 Å². The Balaban J connectivity index is 3.10. The van der Waals surface area contributed by atoms with Gasteiger partial charge in [-0.1, -0.05) is 27.2 Å². The summed E-state index contributed by atoms with van der Waals surface area (Å²) in [4.78, 5) is 42.4. The Labute approximate surface area is 212 Å². The van der Waals surface area contributed by atoms with Gasteiger partial charge in [-0.15, -0.1) is 11.3 Å². The van der Waals surface area contributed by atoms with Crippen LogP contribution in [0, 0.1) is 5.92 Å². The maximum atomic E-state index is 13.2. The molecule has 35 heavy (non-hydrogen) atoms. The smallest absolute Gasteiger partial charge is 0.355 e. The van der Waals surface area contributed by atoms with Gasteiger partial charge in [0.15, 0.2) is 11.8 Å². The fourth-order valence-electron chi connectivity index (χ4n) is 3.80. The van der Waals surface area contributed by atoms with Crippen molar-refractivity contribution >= 4 is 29.2 Å². The molecule has 1 aromatic rings. The number of carbonyl (C=O) groups excluding carboxylic acids is 2. The van der Waals surface area contributed by atoms with Gasteiger partial charge in [0, 0.05) is 56.7 Å². The molecule has 2 unspecified atom stereocenters. The lowest BCUT2D eigenvalue weighted by molar-refractivity contribution is -0.148. The largest absolute Gasteiger partial charge is 0.476 e. The van der Waals surface area contributed by atoms with Crippen LogP contribution >= 0.6 is 11.3 Å². The molecule has 0 aromatic carbocycles. The number of esters is 1. The topological polar surface area (TPSA) is 152 Å². The number of nitrogens with zero attached hydrogens (tertiary/aromatic N) is 3. The maximum Gasteiger partial charge on any atom is 0.355 e. The van der Waals surface area contributed by atoms with Gasteiger partial charge in [0.2, 0.25) is 5.91 Å². The molecule has 0 aliphatic heterocycles. The number of unbranched alkanes of at least 4 members (excludes halogenated alkanes) is 2. The van der Waals surface area contributed by atoms with E-state index in [0.29, 0.717) is 36.5 Å². The summed E-state index contributed by atoms with van der Waals surface area (Å²) in [6, 6.07) is -0.219. The number of aromatic carboxylic acids is 1. The van der Waals surface area contributed by atoms with Gasteiger partial charge in [0.05, 0.1) is 0 Å². The number of rotatable bonds is 16. The highest BCUT2D eigenvalue weighted by Crippen LogP contribution is 2.31. The first-order valence-corrected chi connectivity index (χ1v) is 12.9. The van der Waals surface area contributed by atoms with Crippen molar-refractivity contribution in [1.82, 2.24) is 14.9 Å². The first-order chi connectivity index (χ1) is 16.5. The van der Waals surface area contributed by atoms with Crippen molar-refractivity contribution in [2.45, 2.75) is 84.8 Å². The molecule has 1 amide bonds. The predicted molar refractivity (Wildman–Crippen MR) is 136 cm³/mol. The van der Waals surface area contributed by atoms with Gasteiger partial charge in [-0.25, -0.2) is 15.6 Å². The number of carboxylic acids is 1. The van der Waals surface area contributed by atoms with Crippen LogP contribution < -0.4 is 11.6 Å². The SMILES string of the molecule is CCCCC(=O)N(CCCC/C(N)=C/N(C)N)C(CC(OC(C)=O)c1nc(C(=O)O)cs1)C(C)C. The van der Waals surface area contributed by atoms with Crippen LogP contribution in [-0.4, -0.2) is 57.5 Å². The van der Waals surface area contributed by atoms with E-state index < -0.39 is 18.0 Å². The predicted octanol–water partition coefficient (Wildman–Crippen LogP) is 3.65. The summed E-state index contributed by atoms with van der Waals surface area (Å²) in [6.45, 7) is 7.95. The van der Waals surface area contributed by atoms with E-state index in [9.17, 15) is 19.5 Å². The third kappa shape index (κ3) is 11.1. The lowest BCUT2D eigenvalue weighted by atomic mass is 9.95. The third-order valence-electron chi connectivity index (χ3n) is 5.50. The van der Waals surface area contributed by atoms with Crippen LogP contribution in [0.3, 0.4) is 0 Å². The molecular weight excluding hydrogens is 470 g/mol. The highest BCUT2D eigenvalue weighted by Gasteiger charge is 2.32. The standard InChI is InChI=1S/C24H41N5O5S/c1-6-7-11-22(31)29(12-9-8-10-18(25)14-28(5)26)20(16(2)3)13-21(34-17(4)30)23-27-19(15-35-23)24(32)33/h14-16,20-21H,6-13,25-26H2,1-5H3,(H,32,33)/b18-14-. The fourth-order valence-corrected chi connectivity index (χ4v) is 4.63. The molecular formula is C24H41N5O5S. The van der Waals surface area contributed by atoms with Crippen molar-refractivity contribution < 1.29 is 24.2 Å². The number of aromatic nitrogens is 1.